The summed E-state index contributed by atoms with van der Waals surface area (Å²) in [4.78, 5) is 12.1. The van der Waals surface area contributed by atoms with Crippen molar-refractivity contribution < 1.29 is 9.53 Å². The van der Waals surface area contributed by atoms with Gasteiger partial charge in [-0.3, -0.25) is 4.79 Å². The Morgan fingerprint density at radius 3 is 2.50 bits per heavy atom. The van der Waals surface area contributed by atoms with Gasteiger partial charge in [0.25, 0.3) is 0 Å². The monoisotopic (exact) mass is 278 g/mol. The summed E-state index contributed by atoms with van der Waals surface area (Å²) in [7, 11) is 1.68. The smallest absolute Gasteiger partial charge is 0.241 e. The number of carbonyl (C=O) groups is 1. The normalized spacial score (nSPS) is 13.1. The van der Waals surface area contributed by atoms with E-state index < -0.39 is 6.04 Å². The molecule has 112 valence electrons. The van der Waals surface area contributed by atoms with E-state index in [4.69, 9.17) is 10.5 Å². The van der Waals surface area contributed by atoms with Crippen LogP contribution in [0.15, 0.2) is 24.3 Å². The number of methoxy groups -OCH3 is 1. The van der Waals surface area contributed by atoms with Gasteiger partial charge in [-0.2, -0.15) is 0 Å². The molecule has 0 aliphatic rings. The van der Waals surface area contributed by atoms with Crippen LogP contribution in [0.3, 0.4) is 0 Å². The molecular weight excluding hydrogens is 252 g/mol. The summed E-state index contributed by atoms with van der Waals surface area (Å²) in [5.74, 6) is -0.139. The van der Waals surface area contributed by atoms with E-state index in [0.29, 0.717) is 13.2 Å². The van der Waals surface area contributed by atoms with Crippen LogP contribution >= 0.6 is 0 Å². The Labute approximate surface area is 121 Å². The zero-order chi connectivity index (χ0) is 15.2. The van der Waals surface area contributed by atoms with Crippen LogP contribution in [0, 0.1) is 12.3 Å². The van der Waals surface area contributed by atoms with Crippen LogP contribution in [0.4, 0.5) is 0 Å². The molecule has 0 radical (unpaired) electrons. The molecule has 0 bridgehead atoms. The molecule has 3 N–H and O–H groups in total. The van der Waals surface area contributed by atoms with Crippen molar-refractivity contribution in [3.63, 3.8) is 0 Å². The first-order valence-corrected chi connectivity index (χ1v) is 6.94. The molecule has 1 aromatic carbocycles. The number of aryl methyl sites for hydroxylation is 1. The predicted molar refractivity (Wildman–Crippen MR) is 81.4 cm³/mol. The Bertz CT molecular complexity index is 427. The van der Waals surface area contributed by atoms with E-state index in [1.807, 2.05) is 31.2 Å². The Balaban J connectivity index is 2.52. The fourth-order valence-electron chi connectivity index (χ4n) is 1.83. The maximum absolute atomic E-state index is 12.1. The SMILES string of the molecule is COCCC(C)(C)CNC(=O)C(N)c1ccc(C)cc1. The number of rotatable bonds is 7. The molecule has 0 spiro atoms. The average Bonchev–Trinajstić information content (AvgIpc) is 2.43. The van der Waals surface area contributed by atoms with E-state index in [1.54, 1.807) is 7.11 Å². The summed E-state index contributed by atoms with van der Waals surface area (Å²) in [5.41, 5.74) is 7.97. The van der Waals surface area contributed by atoms with Gasteiger partial charge in [0.15, 0.2) is 0 Å². The summed E-state index contributed by atoms with van der Waals surface area (Å²) >= 11 is 0. The highest BCUT2D eigenvalue weighted by atomic mass is 16.5. The zero-order valence-corrected chi connectivity index (χ0v) is 12.9. The lowest BCUT2D eigenvalue weighted by Crippen LogP contribution is -2.39. The third-order valence-electron chi connectivity index (χ3n) is 3.44. The molecule has 0 aromatic heterocycles. The highest BCUT2D eigenvalue weighted by molar-refractivity contribution is 5.82. The van der Waals surface area contributed by atoms with Gasteiger partial charge in [-0.1, -0.05) is 43.7 Å². The Kier molecular flexibility index (Phi) is 6.17. The van der Waals surface area contributed by atoms with Gasteiger partial charge in [-0.05, 0) is 24.3 Å². The molecule has 1 aromatic rings. The lowest BCUT2D eigenvalue weighted by molar-refractivity contribution is -0.123. The molecule has 4 heteroatoms. The van der Waals surface area contributed by atoms with Gasteiger partial charge in [-0.25, -0.2) is 0 Å². The minimum absolute atomic E-state index is 0.00132. The molecule has 1 rings (SSSR count). The molecular formula is C16H26N2O2. The van der Waals surface area contributed by atoms with Crippen molar-refractivity contribution in [1.82, 2.24) is 5.32 Å². The van der Waals surface area contributed by atoms with Gasteiger partial charge in [0.05, 0.1) is 0 Å². The van der Waals surface area contributed by atoms with Crippen LogP contribution in [0.2, 0.25) is 0 Å². The largest absolute Gasteiger partial charge is 0.385 e. The van der Waals surface area contributed by atoms with Crippen molar-refractivity contribution in [1.29, 1.82) is 0 Å². The molecule has 1 atom stereocenters. The van der Waals surface area contributed by atoms with Crippen molar-refractivity contribution in [3.05, 3.63) is 35.4 Å². The summed E-state index contributed by atoms with van der Waals surface area (Å²) < 4.78 is 5.08. The summed E-state index contributed by atoms with van der Waals surface area (Å²) in [5, 5.41) is 2.93. The quantitative estimate of drug-likeness (QED) is 0.803. The van der Waals surface area contributed by atoms with Crippen molar-refractivity contribution in [2.24, 2.45) is 11.1 Å². The third-order valence-corrected chi connectivity index (χ3v) is 3.44. The second kappa shape index (κ2) is 7.41. The fraction of sp³-hybridized carbons (Fsp3) is 0.562. The van der Waals surface area contributed by atoms with Crippen molar-refractivity contribution in [3.8, 4) is 0 Å². The molecule has 4 nitrogen and oxygen atoms in total. The molecule has 0 aliphatic heterocycles. The van der Waals surface area contributed by atoms with Crippen molar-refractivity contribution in [2.45, 2.75) is 33.2 Å². The Morgan fingerprint density at radius 1 is 1.35 bits per heavy atom. The van der Waals surface area contributed by atoms with Crippen LogP contribution in [0.25, 0.3) is 0 Å². The standard InChI is InChI=1S/C16H26N2O2/c1-12-5-7-13(8-6-12)14(17)15(19)18-11-16(2,3)9-10-20-4/h5-8,14H,9-11,17H2,1-4H3,(H,18,19). The average molecular weight is 278 g/mol. The number of carbonyl (C=O) groups excluding carboxylic acids is 1. The molecule has 0 heterocycles. The molecule has 0 saturated carbocycles. The first-order chi connectivity index (χ1) is 9.35. The maximum atomic E-state index is 12.1. The van der Waals surface area contributed by atoms with Crippen LogP contribution in [0.5, 0.6) is 0 Å². The van der Waals surface area contributed by atoms with Gasteiger partial charge in [-0.15, -0.1) is 0 Å². The third kappa shape index (κ3) is 5.31. The minimum Gasteiger partial charge on any atom is -0.385 e. The topological polar surface area (TPSA) is 64.3 Å². The number of nitrogens with one attached hydrogen (secondary N) is 1. The lowest BCUT2D eigenvalue weighted by Gasteiger charge is -2.25. The Morgan fingerprint density at radius 2 is 1.95 bits per heavy atom. The van der Waals surface area contributed by atoms with E-state index in [1.165, 1.54) is 0 Å². The molecule has 1 unspecified atom stereocenters. The predicted octanol–water partition coefficient (Wildman–Crippen LogP) is 2.17. The molecule has 1 amide bonds. The molecule has 0 aliphatic carbocycles. The summed E-state index contributed by atoms with van der Waals surface area (Å²) in [6, 6.07) is 7.11. The zero-order valence-electron chi connectivity index (χ0n) is 12.9. The number of amides is 1. The van der Waals surface area contributed by atoms with Crippen LogP contribution < -0.4 is 11.1 Å². The van der Waals surface area contributed by atoms with Gasteiger partial charge >= 0.3 is 0 Å². The highest BCUT2D eigenvalue weighted by Crippen LogP contribution is 2.19. The van der Waals surface area contributed by atoms with Gasteiger partial charge in [0.2, 0.25) is 5.91 Å². The van der Waals surface area contributed by atoms with Crippen molar-refractivity contribution >= 4 is 5.91 Å². The van der Waals surface area contributed by atoms with E-state index in [-0.39, 0.29) is 11.3 Å². The van der Waals surface area contributed by atoms with E-state index >= 15 is 0 Å². The van der Waals surface area contributed by atoms with Gasteiger partial charge in [0.1, 0.15) is 6.04 Å². The minimum atomic E-state index is -0.617. The molecule has 0 fully saturated rings. The molecule has 20 heavy (non-hydrogen) atoms. The number of ether oxygens (including phenoxy) is 1. The van der Waals surface area contributed by atoms with Gasteiger partial charge in [0, 0.05) is 20.3 Å². The second-order valence-corrected chi connectivity index (χ2v) is 6.01. The summed E-state index contributed by atoms with van der Waals surface area (Å²) in [6.07, 6.45) is 0.892. The Hall–Kier alpha value is -1.39. The maximum Gasteiger partial charge on any atom is 0.241 e. The van der Waals surface area contributed by atoms with Crippen LogP contribution in [-0.4, -0.2) is 26.2 Å². The number of hydrogen-bond donors (Lipinski definition) is 2. The summed E-state index contributed by atoms with van der Waals surface area (Å²) in [6.45, 7) is 7.49. The van der Waals surface area contributed by atoms with E-state index in [9.17, 15) is 4.79 Å². The van der Waals surface area contributed by atoms with E-state index in [2.05, 4.69) is 19.2 Å². The number of nitrogens with two attached hydrogens (primary N) is 1. The first kappa shape index (κ1) is 16.7. The number of hydrogen-bond acceptors (Lipinski definition) is 3. The van der Waals surface area contributed by atoms with Crippen LogP contribution in [0.1, 0.15) is 37.4 Å². The van der Waals surface area contributed by atoms with E-state index in [0.717, 1.165) is 17.5 Å². The molecule has 0 saturated heterocycles. The first-order valence-electron chi connectivity index (χ1n) is 6.94. The number of benzene rings is 1. The van der Waals surface area contributed by atoms with Crippen molar-refractivity contribution in [2.75, 3.05) is 20.3 Å². The van der Waals surface area contributed by atoms with Crippen LogP contribution in [-0.2, 0) is 9.53 Å². The fourth-order valence-corrected chi connectivity index (χ4v) is 1.83. The van der Waals surface area contributed by atoms with Gasteiger partial charge < -0.3 is 15.8 Å². The lowest BCUT2D eigenvalue weighted by atomic mass is 9.89. The highest BCUT2D eigenvalue weighted by Gasteiger charge is 2.21. The second-order valence-electron chi connectivity index (χ2n) is 6.01.